The van der Waals surface area contributed by atoms with Crippen molar-refractivity contribution < 1.29 is 27.8 Å². The van der Waals surface area contributed by atoms with Gasteiger partial charge in [0.2, 0.25) is 0 Å². The maximum Gasteiger partial charge on any atom is 0.311 e. The number of carbonyl (C=O) groups excluding carboxylic acids is 1. The number of carbonyl (C=O) groups is 1. The number of nitrogens with one attached hydrogen (secondary N) is 1. The number of nitro benzene ring substituents is 2. The van der Waals surface area contributed by atoms with E-state index in [1.165, 1.54) is 49.6 Å². The predicted octanol–water partition coefficient (Wildman–Crippen LogP) is 2.86. The monoisotopic (exact) mass is 513 g/mol. The van der Waals surface area contributed by atoms with Crippen LogP contribution in [0, 0.1) is 20.2 Å². The van der Waals surface area contributed by atoms with E-state index in [9.17, 15) is 33.4 Å². The van der Waals surface area contributed by atoms with Gasteiger partial charge in [0.15, 0.2) is 10.6 Å². The van der Waals surface area contributed by atoms with Crippen LogP contribution in [0.1, 0.15) is 5.56 Å². The Morgan fingerprint density at radius 3 is 2.28 bits per heavy atom. The number of anilines is 1. The minimum Gasteiger partial charge on any atom is -0.490 e. The SMILES string of the molecule is COc1ccc(/C=N/NC(=O)CN(c2ccccc2)S(=O)(=O)c2ccccc2[N+](=O)[O-])cc1[N+](=O)[O-]. The number of hydrazone groups is 1. The number of methoxy groups -OCH3 is 1. The molecule has 0 aromatic heterocycles. The molecular formula is C22H19N5O8S. The summed E-state index contributed by atoms with van der Waals surface area (Å²) in [5.74, 6) is -0.819. The summed E-state index contributed by atoms with van der Waals surface area (Å²) in [6.07, 6.45) is 1.13. The van der Waals surface area contributed by atoms with Gasteiger partial charge in [-0.1, -0.05) is 30.3 Å². The third kappa shape index (κ3) is 5.79. The normalized spacial score (nSPS) is 11.1. The molecule has 1 N–H and O–H groups in total. The number of sulfonamides is 1. The molecule has 0 aliphatic heterocycles. The van der Waals surface area contributed by atoms with Gasteiger partial charge in [0.05, 0.1) is 28.9 Å². The van der Waals surface area contributed by atoms with Gasteiger partial charge in [-0.05, 0) is 30.3 Å². The minimum atomic E-state index is -4.53. The van der Waals surface area contributed by atoms with E-state index in [-0.39, 0.29) is 22.7 Å². The number of benzene rings is 3. The molecule has 0 heterocycles. The molecule has 0 aliphatic carbocycles. The lowest BCUT2D eigenvalue weighted by Gasteiger charge is -2.23. The summed E-state index contributed by atoms with van der Waals surface area (Å²) >= 11 is 0. The van der Waals surface area contributed by atoms with E-state index >= 15 is 0 Å². The topological polar surface area (TPSA) is 174 Å². The van der Waals surface area contributed by atoms with Crippen LogP contribution in [0.2, 0.25) is 0 Å². The summed E-state index contributed by atoms with van der Waals surface area (Å²) in [5.41, 5.74) is 1.58. The summed E-state index contributed by atoms with van der Waals surface area (Å²) in [7, 11) is -3.25. The molecule has 0 atom stereocenters. The Labute approximate surface area is 205 Å². The number of hydrogen-bond donors (Lipinski definition) is 1. The second-order valence-electron chi connectivity index (χ2n) is 7.05. The molecule has 186 valence electrons. The number of nitrogens with zero attached hydrogens (tertiary/aromatic N) is 4. The van der Waals surface area contributed by atoms with Crippen molar-refractivity contribution in [3.05, 3.63) is 98.6 Å². The average Bonchev–Trinajstić information content (AvgIpc) is 2.87. The molecular weight excluding hydrogens is 494 g/mol. The van der Waals surface area contributed by atoms with Crippen LogP contribution < -0.4 is 14.5 Å². The molecule has 0 spiro atoms. The molecule has 0 aliphatic rings. The lowest BCUT2D eigenvalue weighted by molar-refractivity contribution is -0.387. The number of nitro groups is 2. The third-order valence-corrected chi connectivity index (χ3v) is 6.59. The molecule has 36 heavy (non-hydrogen) atoms. The summed E-state index contributed by atoms with van der Waals surface area (Å²) in [4.78, 5) is 33.1. The zero-order chi connectivity index (χ0) is 26.3. The van der Waals surface area contributed by atoms with Gasteiger partial charge < -0.3 is 4.74 Å². The first-order valence-corrected chi connectivity index (χ1v) is 11.5. The molecule has 1 amide bonds. The number of amides is 1. The first-order chi connectivity index (χ1) is 17.1. The van der Waals surface area contributed by atoms with Gasteiger partial charge in [0.1, 0.15) is 6.54 Å². The van der Waals surface area contributed by atoms with Gasteiger partial charge in [0, 0.05) is 17.7 Å². The molecule has 0 bridgehead atoms. The van der Waals surface area contributed by atoms with Crippen molar-refractivity contribution in [1.29, 1.82) is 0 Å². The average molecular weight is 513 g/mol. The Morgan fingerprint density at radius 1 is 1.00 bits per heavy atom. The van der Waals surface area contributed by atoms with E-state index in [2.05, 4.69) is 10.5 Å². The molecule has 14 heteroatoms. The first kappa shape index (κ1) is 25.8. The molecule has 0 saturated heterocycles. The standard InChI is InChI=1S/C22H19N5O8S/c1-35-20-12-11-16(13-19(20)27(31)32)14-23-24-22(28)15-25(17-7-3-2-4-8-17)36(33,34)21-10-6-5-9-18(21)26(29)30/h2-14H,15H2,1H3,(H,24,28)/b23-14+. The van der Waals surface area contributed by atoms with E-state index in [1.807, 2.05) is 0 Å². The number of ether oxygens (including phenoxy) is 1. The predicted molar refractivity (Wildman–Crippen MR) is 129 cm³/mol. The lowest BCUT2D eigenvalue weighted by Crippen LogP contribution is -2.39. The van der Waals surface area contributed by atoms with E-state index in [0.717, 1.165) is 22.7 Å². The number of para-hydroxylation sites is 2. The van der Waals surface area contributed by atoms with Crippen molar-refractivity contribution in [2.24, 2.45) is 5.10 Å². The second kappa shape index (κ2) is 11.1. The Morgan fingerprint density at radius 2 is 1.64 bits per heavy atom. The number of rotatable bonds is 10. The third-order valence-electron chi connectivity index (χ3n) is 4.76. The van der Waals surface area contributed by atoms with E-state index in [4.69, 9.17) is 4.74 Å². The molecule has 3 rings (SSSR count). The Hall–Kier alpha value is -4.85. The summed E-state index contributed by atoms with van der Waals surface area (Å²) in [5, 5.41) is 26.3. The zero-order valence-corrected chi connectivity index (χ0v) is 19.5. The van der Waals surface area contributed by atoms with Crippen molar-refractivity contribution in [3.8, 4) is 5.75 Å². The second-order valence-corrected chi connectivity index (χ2v) is 8.88. The van der Waals surface area contributed by atoms with Crippen LogP contribution in [0.3, 0.4) is 0 Å². The molecule has 3 aromatic carbocycles. The van der Waals surface area contributed by atoms with Gasteiger partial charge in [-0.25, -0.2) is 13.8 Å². The quantitative estimate of drug-likeness (QED) is 0.244. The highest BCUT2D eigenvalue weighted by Crippen LogP contribution is 2.30. The van der Waals surface area contributed by atoms with E-state index in [0.29, 0.717) is 0 Å². The molecule has 0 radical (unpaired) electrons. The van der Waals surface area contributed by atoms with Crippen molar-refractivity contribution >= 4 is 39.2 Å². The summed E-state index contributed by atoms with van der Waals surface area (Å²) in [6, 6.07) is 16.4. The molecule has 3 aromatic rings. The number of hydrogen-bond acceptors (Lipinski definition) is 9. The van der Waals surface area contributed by atoms with Crippen LogP contribution >= 0.6 is 0 Å². The van der Waals surface area contributed by atoms with Crippen LogP contribution in [0.4, 0.5) is 17.1 Å². The molecule has 0 unspecified atom stereocenters. The highest BCUT2D eigenvalue weighted by atomic mass is 32.2. The van der Waals surface area contributed by atoms with E-state index < -0.39 is 42.9 Å². The fraction of sp³-hybridized carbons (Fsp3) is 0.0909. The summed E-state index contributed by atoms with van der Waals surface area (Å²) in [6.45, 7) is -0.751. The maximum absolute atomic E-state index is 13.4. The van der Waals surface area contributed by atoms with Crippen molar-refractivity contribution in [3.63, 3.8) is 0 Å². The fourth-order valence-electron chi connectivity index (χ4n) is 3.13. The first-order valence-electron chi connectivity index (χ1n) is 10.1. The lowest BCUT2D eigenvalue weighted by atomic mass is 10.2. The summed E-state index contributed by atoms with van der Waals surface area (Å²) < 4.78 is 32.4. The van der Waals surface area contributed by atoms with Gasteiger partial charge in [0.25, 0.3) is 21.6 Å². The largest absolute Gasteiger partial charge is 0.490 e. The van der Waals surface area contributed by atoms with Crippen molar-refractivity contribution in [2.75, 3.05) is 18.0 Å². The highest BCUT2D eigenvalue weighted by Gasteiger charge is 2.33. The Bertz CT molecular complexity index is 1430. The van der Waals surface area contributed by atoms with Crippen LogP contribution in [0.25, 0.3) is 0 Å². The molecule has 13 nitrogen and oxygen atoms in total. The van der Waals surface area contributed by atoms with Crippen LogP contribution in [-0.4, -0.2) is 44.0 Å². The zero-order valence-electron chi connectivity index (χ0n) is 18.7. The van der Waals surface area contributed by atoms with Crippen LogP contribution in [-0.2, 0) is 14.8 Å². The Balaban J connectivity index is 1.86. The smallest absolute Gasteiger partial charge is 0.311 e. The van der Waals surface area contributed by atoms with Crippen molar-refractivity contribution in [2.45, 2.75) is 4.90 Å². The highest BCUT2D eigenvalue weighted by molar-refractivity contribution is 7.93. The van der Waals surface area contributed by atoms with E-state index in [1.54, 1.807) is 18.2 Å². The molecule has 0 saturated carbocycles. The maximum atomic E-state index is 13.4. The van der Waals surface area contributed by atoms with Gasteiger partial charge in [-0.2, -0.15) is 5.10 Å². The fourth-order valence-corrected chi connectivity index (χ4v) is 4.71. The van der Waals surface area contributed by atoms with Gasteiger partial charge in [-0.15, -0.1) is 0 Å². The van der Waals surface area contributed by atoms with Crippen LogP contribution in [0.15, 0.2) is 82.8 Å². The van der Waals surface area contributed by atoms with Gasteiger partial charge >= 0.3 is 5.69 Å². The van der Waals surface area contributed by atoms with Crippen LogP contribution in [0.5, 0.6) is 5.75 Å². The molecule has 0 fully saturated rings. The Kier molecular flexibility index (Phi) is 7.91. The minimum absolute atomic E-state index is 0.0416. The van der Waals surface area contributed by atoms with Crippen molar-refractivity contribution in [1.82, 2.24) is 5.43 Å². The van der Waals surface area contributed by atoms with Gasteiger partial charge in [-0.3, -0.25) is 29.3 Å².